The molecular weight excluding hydrogens is 627 g/mol. The molecule has 33 heavy (non-hydrogen) atoms. The summed E-state index contributed by atoms with van der Waals surface area (Å²) in [7, 11) is 0. The van der Waals surface area contributed by atoms with Crippen molar-refractivity contribution >= 4 is 122 Å². The van der Waals surface area contributed by atoms with Gasteiger partial charge in [-0.25, -0.2) is 0 Å². The summed E-state index contributed by atoms with van der Waals surface area (Å²) >= 11 is 45.0. The summed E-state index contributed by atoms with van der Waals surface area (Å²) in [6.45, 7) is 11.1. The maximum Gasteiger partial charge on any atom is 0.302 e. The van der Waals surface area contributed by atoms with Gasteiger partial charge >= 0.3 is 11.9 Å². The molecule has 0 spiro atoms. The van der Waals surface area contributed by atoms with Crippen molar-refractivity contribution < 1.29 is 23.9 Å². The van der Waals surface area contributed by atoms with Crippen LogP contribution in [0, 0.1) is 0 Å². The molecule has 0 heterocycles. The molecule has 0 saturated heterocycles. The minimum atomic E-state index is -0.750. The zero-order valence-electron chi connectivity index (χ0n) is 19.6. The van der Waals surface area contributed by atoms with Crippen molar-refractivity contribution in [3.63, 3.8) is 0 Å². The number of halogens is 9. The molecule has 0 aliphatic heterocycles. The van der Waals surface area contributed by atoms with Crippen molar-refractivity contribution in [1.29, 1.82) is 0 Å². The lowest BCUT2D eigenvalue weighted by molar-refractivity contribution is -0.141. The Morgan fingerprint density at radius 3 is 1.09 bits per heavy atom. The first-order valence-electron chi connectivity index (χ1n) is 9.47. The summed E-state index contributed by atoms with van der Waals surface area (Å²) in [5, 5.41) is 0. The predicted octanol–water partition coefficient (Wildman–Crippen LogP) is 8.95. The van der Waals surface area contributed by atoms with E-state index in [1.54, 1.807) is 13.8 Å². The Bertz CT molecular complexity index is 389. The summed E-state index contributed by atoms with van der Waals surface area (Å²) in [5.41, 5.74) is 0. The molecule has 0 bridgehead atoms. The van der Waals surface area contributed by atoms with E-state index in [1.165, 1.54) is 13.8 Å². The fraction of sp³-hybridized carbons (Fsp3) is 0.842. The molecule has 0 unspecified atom stereocenters. The lowest BCUT2D eigenvalue weighted by Crippen LogP contribution is -1.99. The van der Waals surface area contributed by atoms with Crippen LogP contribution < -0.4 is 0 Å². The van der Waals surface area contributed by atoms with E-state index in [2.05, 4.69) is 16.4 Å². The highest BCUT2D eigenvalue weighted by atomic mass is 35.6. The third-order valence-electron chi connectivity index (χ3n) is 1.91. The topological polar surface area (TPSA) is 69.7 Å². The van der Waals surface area contributed by atoms with Gasteiger partial charge in [-0.3, -0.25) is 9.59 Å². The largest absolute Gasteiger partial charge is 0.466 e. The van der Waals surface area contributed by atoms with Crippen LogP contribution in [0.4, 0.5) is 0 Å². The standard InChI is InChI=1S/C6H12O2.C4H8O2.C4H8O.C2H2Cl4.C2H4Cl2.CHCl3/c1-3-4-5-8-6(2)7;1-3-6-4(2)5;1-3-4(2)5;3-1(4)2(5)6;3-1-2-4;2-1(3)4/h3-5H2,1-2H3;3H2,1-2H3;3H2,1-2H3;1-2H;1-2H2;1H. The molecule has 0 rings (SSSR count). The van der Waals surface area contributed by atoms with Crippen molar-refractivity contribution in [2.75, 3.05) is 25.0 Å². The molecule has 14 heteroatoms. The molecule has 0 radical (unpaired) electrons. The van der Waals surface area contributed by atoms with Gasteiger partial charge in [-0.15, -0.1) is 69.6 Å². The van der Waals surface area contributed by atoms with Crippen LogP contribution in [0.25, 0.3) is 0 Å². The van der Waals surface area contributed by atoms with Gasteiger partial charge in [0.15, 0.2) is 4.30 Å². The van der Waals surface area contributed by atoms with Crippen molar-refractivity contribution in [1.82, 2.24) is 0 Å². The number of esters is 2. The fourth-order valence-electron chi connectivity index (χ4n) is 0.563. The highest BCUT2D eigenvalue weighted by molar-refractivity contribution is 6.63. The molecule has 0 aromatic rings. The lowest BCUT2D eigenvalue weighted by Gasteiger charge is -1.96. The highest BCUT2D eigenvalue weighted by Crippen LogP contribution is 2.16. The molecule has 0 saturated carbocycles. The van der Waals surface area contributed by atoms with Gasteiger partial charge in [-0.1, -0.05) is 55.1 Å². The maximum atomic E-state index is 10.1. The van der Waals surface area contributed by atoms with Gasteiger partial charge < -0.3 is 14.3 Å². The number of carbonyl (C=O) groups excluding carboxylic acids is 3. The average Bonchev–Trinajstić information content (AvgIpc) is 2.69. The molecule has 0 amide bonds. The number of rotatable bonds is 7. The second kappa shape index (κ2) is 43.3. The first-order valence-corrected chi connectivity index (χ1v) is 13.6. The SMILES string of the molecule is CCC(C)=O.CCCCOC(C)=O.CCOC(C)=O.ClC(Cl)C(Cl)Cl.ClC(Cl)Cl.ClCCCl. The fourth-order valence-corrected chi connectivity index (χ4v) is 0.563. The Balaban J connectivity index is -0.0000000675. The molecule has 0 aromatic carbocycles. The predicted molar refractivity (Wildman–Crippen MR) is 149 cm³/mol. The molecule has 0 N–H and O–H groups in total. The smallest absolute Gasteiger partial charge is 0.302 e. The van der Waals surface area contributed by atoms with Gasteiger partial charge in [0.1, 0.15) is 15.5 Å². The number of ether oxygens (including phenoxy) is 2. The number of carbonyl (C=O) groups is 3. The van der Waals surface area contributed by atoms with E-state index in [0.29, 0.717) is 31.4 Å². The third kappa shape index (κ3) is 123. The van der Waals surface area contributed by atoms with E-state index in [4.69, 9.17) is 104 Å². The van der Waals surface area contributed by atoms with E-state index in [-0.39, 0.29) is 17.7 Å². The number of Topliss-reactive ketones (excluding diaryl/α,β-unsaturated/α-hetero) is 1. The van der Waals surface area contributed by atoms with Crippen molar-refractivity contribution in [3.8, 4) is 0 Å². The number of ketones is 1. The van der Waals surface area contributed by atoms with Crippen LogP contribution in [-0.2, 0) is 23.9 Å². The van der Waals surface area contributed by atoms with Crippen molar-refractivity contribution in [2.45, 2.75) is 74.8 Å². The zero-order chi connectivity index (χ0) is 27.8. The first-order chi connectivity index (χ1) is 15.1. The van der Waals surface area contributed by atoms with Gasteiger partial charge in [0.25, 0.3) is 0 Å². The van der Waals surface area contributed by atoms with Crippen LogP contribution in [0.3, 0.4) is 0 Å². The molecule has 0 aliphatic rings. The average molecular weight is 663 g/mol. The summed E-state index contributed by atoms with van der Waals surface area (Å²) < 4.78 is 8.30. The minimum absolute atomic E-state index is 0.182. The Morgan fingerprint density at radius 1 is 0.697 bits per heavy atom. The Hall–Kier alpha value is 1.22. The Kier molecular flexibility index (Phi) is 62.2. The minimum Gasteiger partial charge on any atom is -0.466 e. The lowest BCUT2D eigenvalue weighted by atomic mass is 10.4. The number of hydrogen-bond acceptors (Lipinski definition) is 5. The van der Waals surface area contributed by atoms with Crippen LogP contribution >= 0.6 is 104 Å². The molecular formula is C19H35Cl9O5. The van der Waals surface area contributed by atoms with E-state index in [1.807, 2.05) is 6.92 Å². The molecule has 204 valence electrons. The number of unbranched alkanes of at least 4 members (excludes halogenated alkanes) is 1. The Labute approximate surface area is 244 Å². The van der Waals surface area contributed by atoms with E-state index in [9.17, 15) is 14.4 Å². The molecule has 0 atom stereocenters. The van der Waals surface area contributed by atoms with Crippen LogP contribution in [0.2, 0.25) is 0 Å². The van der Waals surface area contributed by atoms with Crippen LogP contribution in [0.1, 0.15) is 60.8 Å². The first kappa shape index (κ1) is 47.4. The van der Waals surface area contributed by atoms with Gasteiger partial charge in [0.2, 0.25) is 0 Å². The van der Waals surface area contributed by atoms with E-state index < -0.39 is 14.0 Å². The highest BCUT2D eigenvalue weighted by Gasteiger charge is 2.06. The number of alkyl halides is 9. The third-order valence-corrected chi connectivity index (χ3v) is 4.01. The van der Waals surface area contributed by atoms with E-state index in [0.717, 1.165) is 12.8 Å². The quantitative estimate of drug-likeness (QED) is 0.155. The van der Waals surface area contributed by atoms with Gasteiger partial charge in [0.05, 0.1) is 13.2 Å². The summed E-state index contributed by atoms with van der Waals surface area (Å²) in [4.78, 5) is 28.4. The van der Waals surface area contributed by atoms with Crippen LogP contribution in [0.15, 0.2) is 0 Å². The molecule has 5 nitrogen and oxygen atoms in total. The van der Waals surface area contributed by atoms with E-state index >= 15 is 0 Å². The zero-order valence-corrected chi connectivity index (χ0v) is 26.4. The monoisotopic (exact) mass is 658 g/mol. The van der Waals surface area contributed by atoms with Crippen molar-refractivity contribution in [2.24, 2.45) is 0 Å². The van der Waals surface area contributed by atoms with Gasteiger partial charge in [0, 0.05) is 32.0 Å². The van der Waals surface area contributed by atoms with Gasteiger partial charge in [-0.05, 0) is 20.3 Å². The van der Waals surface area contributed by atoms with Crippen molar-refractivity contribution in [3.05, 3.63) is 0 Å². The molecule has 0 aliphatic carbocycles. The number of hydrogen-bond donors (Lipinski definition) is 0. The molecule has 0 fully saturated rings. The summed E-state index contributed by atoms with van der Waals surface area (Å²) in [6, 6.07) is 0. The van der Waals surface area contributed by atoms with Crippen LogP contribution in [-0.4, -0.2) is 56.7 Å². The summed E-state index contributed by atoms with van der Waals surface area (Å²) in [6.07, 6.45) is 2.72. The van der Waals surface area contributed by atoms with Gasteiger partial charge in [-0.2, -0.15) is 0 Å². The summed E-state index contributed by atoms with van der Waals surface area (Å²) in [5.74, 6) is 0.976. The Morgan fingerprint density at radius 2 is 1.00 bits per heavy atom. The second-order valence-corrected chi connectivity index (χ2v) is 10.0. The normalized spacial score (nSPS) is 8.67. The maximum absolute atomic E-state index is 10.1. The second-order valence-electron chi connectivity index (χ2n) is 4.97. The molecule has 0 aromatic heterocycles. The van der Waals surface area contributed by atoms with Crippen LogP contribution in [0.5, 0.6) is 0 Å².